The molecule has 0 saturated carbocycles. The summed E-state index contributed by atoms with van der Waals surface area (Å²) in [7, 11) is 1.55. The van der Waals surface area contributed by atoms with Crippen LogP contribution in [0.1, 0.15) is 33.9 Å². The van der Waals surface area contributed by atoms with Crippen molar-refractivity contribution >= 4 is 27.8 Å². The van der Waals surface area contributed by atoms with Crippen LogP contribution < -0.4 is 15.2 Å². The van der Waals surface area contributed by atoms with Gasteiger partial charge in [-0.3, -0.25) is 4.79 Å². The van der Waals surface area contributed by atoms with Gasteiger partial charge in [0.25, 0.3) is 5.91 Å². The number of benzene rings is 2. The number of nitrogens with one attached hydrogen (secondary N) is 1. The van der Waals surface area contributed by atoms with Gasteiger partial charge in [0, 0.05) is 22.4 Å². The number of carboxylic acids is 1. The number of hydrogen-bond acceptors (Lipinski definition) is 4. The first kappa shape index (κ1) is 18.0. The van der Waals surface area contributed by atoms with Gasteiger partial charge in [0.2, 0.25) is 0 Å². The van der Waals surface area contributed by atoms with Crippen LogP contribution in [0.25, 0.3) is 0 Å². The van der Waals surface area contributed by atoms with Crippen LogP contribution in [0, 0.1) is 6.92 Å². The molecule has 0 aliphatic carbocycles. The Hall–Kier alpha value is -2.34. The maximum Gasteiger partial charge on any atom is 0.251 e. The minimum atomic E-state index is -1.23. The number of hydrogen-bond donors (Lipinski definition) is 1. The summed E-state index contributed by atoms with van der Waals surface area (Å²) in [6.07, 6.45) is -0.314. The van der Waals surface area contributed by atoms with Crippen LogP contribution in [-0.4, -0.2) is 19.0 Å². The zero-order chi connectivity index (χ0) is 17.7. The first-order valence-electron chi connectivity index (χ1n) is 7.31. The van der Waals surface area contributed by atoms with E-state index in [1.54, 1.807) is 43.5 Å². The molecule has 0 aliphatic rings. The number of carbonyl (C=O) groups excluding carboxylic acids is 2. The Balaban J connectivity index is 2.22. The Morgan fingerprint density at radius 3 is 2.42 bits per heavy atom. The SMILES string of the molecule is COc1ccc(C(CC(=O)[O-])NC(=O)c2ccc(C)c(Br)c2)cc1. The van der Waals surface area contributed by atoms with Crippen molar-refractivity contribution in [1.29, 1.82) is 0 Å². The quantitative estimate of drug-likeness (QED) is 0.820. The lowest BCUT2D eigenvalue weighted by Gasteiger charge is -2.20. The third kappa shape index (κ3) is 4.58. The molecule has 2 rings (SSSR count). The summed E-state index contributed by atoms with van der Waals surface area (Å²) in [6, 6.07) is 11.4. The maximum absolute atomic E-state index is 12.4. The highest BCUT2D eigenvalue weighted by atomic mass is 79.9. The lowest BCUT2D eigenvalue weighted by Crippen LogP contribution is -2.34. The molecule has 0 spiro atoms. The Morgan fingerprint density at radius 1 is 1.21 bits per heavy atom. The summed E-state index contributed by atoms with van der Waals surface area (Å²) in [5.74, 6) is -0.932. The van der Waals surface area contributed by atoms with Crippen LogP contribution in [0.5, 0.6) is 5.75 Å². The third-order valence-corrected chi connectivity index (χ3v) is 4.48. The number of carbonyl (C=O) groups is 2. The van der Waals surface area contributed by atoms with Crippen LogP contribution in [0.2, 0.25) is 0 Å². The van der Waals surface area contributed by atoms with Crippen molar-refractivity contribution in [3.05, 3.63) is 63.6 Å². The van der Waals surface area contributed by atoms with Gasteiger partial charge in [0.15, 0.2) is 0 Å². The van der Waals surface area contributed by atoms with E-state index in [1.807, 2.05) is 13.0 Å². The van der Waals surface area contributed by atoms with Crippen molar-refractivity contribution in [2.75, 3.05) is 7.11 Å². The van der Waals surface area contributed by atoms with E-state index in [0.717, 1.165) is 10.0 Å². The summed E-state index contributed by atoms with van der Waals surface area (Å²) in [5.41, 5.74) is 2.12. The average Bonchev–Trinajstić information content (AvgIpc) is 2.56. The second kappa shape index (κ2) is 7.97. The molecule has 5 nitrogen and oxygen atoms in total. The highest BCUT2D eigenvalue weighted by molar-refractivity contribution is 9.10. The van der Waals surface area contributed by atoms with Crippen molar-refractivity contribution in [3.8, 4) is 5.75 Å². The molecule has 6 heteroatoms. The van der Waals surface area contributed by atoms with Crippen molar-refractivity contribution in [1.82, 2.24) is 5.32 Å². The minimum Gasteiger partial charge on any atom is -0.550 e. The third-order valence-electron chi connectivity index (χ3n) is 3.63. The number of halogens is 1. The van der Waals surface area contributed by atoms with Crippen LogP contribution in [0.3, 0.4) is 0 Å². The zero-order valence-corrected chi connectivity index (χ0v) is 14.9. The maximum atomic E-state index is 12.4. The molecule has 0 saturated heterocycles. The van der Waals surface area contributed by atoms with Gasteiger partial charge in [0.05, 0.1) is 13.2 Å². The topological polar surface area (TPSA) is 78.5 Å². The van der Waals surface area contributed by atoms with Gasteiger partial charge >= 0.3 is 0 Å². The molecule has 2 aromatic rings. The number of rotatable bonds is 6. The minimum absolute atomic E-state index is 0.314. The Kier molecular flexibility index (Phi) is 5.98. The second-order valence-electron chi connectivity index (χ2n) is 5.34. The monoisotopic (exact) mass is 390 g/mol. The summed E-state index contributed by atoms with van der Waals surface area (Å²) in [4.78, 5) is 23.5. The van der Waals surface area contributed by atoms with E-state index in [1.165, 1.54) is 0 Å². The van der Waals surface area contributed by atoms with E-state index >= 15 is 0 Å². The highest BCUT2D eigenvalue weighted by Gasteiger charge is 2.17. The van der Waals surface area contributed by atoms with E-state index in [0.29, 0.717) is 16.9 Å². The molecule has 0 heterocycles. The first-order valence-corrected chi connectivity index (χ1v) is 8.11. The van der Waals surface area contributed by atoms with Gasteiger partial charge in [0.1, 0.15) is 5.75 Å². The largest absolute Gasteiger partial charge is 0.550 e. The first-order chi connectivity index (χ1) is 11.4. The number of aliphatic carboxylic acids is 1. The molecule has 1 N–H and O–H groups in total. The molecule has 0 aromatic heterocycles. The molecule has 2 aromatic carbocycles. The predicted octanol–water partition coefficient (Wildman–Crippen LogP) is 2.38. The smallest absolute Gasteiger partial charge is 0.251 e. The molecule has 0 radical (unpaired) electrons. The Labute approximate surface area is 148 Å². The summed E-state index contributed by atoms with van der Waals surface area (Å²) < 4.78 is 5.90. The molecule has 24 heavy (non-hydrogen) atoms. The van der Waals surface area contributed by atoms with Crippen LogP contribution in [0.15, 0.2) is 46.9 Å². The molecular weight excluding hydrogens is 374 g/mol. The van der Waals surface area contributed by atoms with Gasteiger partial charge in [-0.05, 0) is 42.3 Å². The number of carboxylic acid groups (broad SMARTS) is 1. The summed E-state index contributed by atoms with van der Waals surface area (Å²) >= 11 is 3.38. The van der Waals surface area contributed by atoms with Crippen molar-refractivity contribution in [3.63, 3.8) is 0 Å². The highest BCUT2D eigenvalue weighted by Crippen LogP contribution is 2.22. The normalized spacial score (nSPS) is 11.6. The molecule has 1 amide bonds. The fourth-order valence-corrected chi connectivity index (χ4v) is 2.61. The van der Waals surface area contributed by atoms with E-state index < -0.39 is 12.0 Å². The molecule has 1 atom stereocenters. The molecule has 1 unspecified atom stereocenters. The number of methoxy groups -OCH3 is 1. The molecule has 0 fully saturated rings. The van der Waals surface area contributed by atoms with E-state index in [9.17, 15) is 14.7 Å². The van der Waals surface area contributed by atoms with Crippen molar-refractivity contribution in [2.45, 2.75) is 19.4 Å². The van der Waals surface area contributed by atoms with Gasteiger partial charge < -0.3 is 20.0 Å². The Morgan fingerprint density at radius 2 is 1.88 bits per heavy atom. The van der Waals surface area contributed by atoms with Gasteiger partial charge in [-0.1, -0.05) is 34.1 Å². The zero-order valence-electron chi connectivity index (χ0n) is 13.3. The van der Waals surface area contributed by atoms with E-state index in [2.05, 4.69) is 21.2 Å². The van der Waals surface area contributed by atoms with Crippen LogP contribution in [-0.2, 0) is 4.79 Å². The lowest BCUT2D eigenvalue weighted by atomic mass is 10.0. The predicted molar refractivity (Wildman–Crippen MR) is 91.7 cm³/mol. The number of amides is 1. The van der Waals surface area contributed by atoms with Crippen LogP contribution >= 0.6 is 15.9 Å². The molecule has 0 aliphatic heterocycles. The fraction of sp³-hybridized carbons (Fsp3) is 0.222. The van der Waals surface area contributed by atoms with Gasteiger partial charge in [-0.25, -0.2) is 0 Å². The standard InChI is InChI=1S/C18H18BrNO4/c1-11-3-4-13(9-15(11)19)18(23)20-16(10-17(21)22)12-5-7-14(24-2)8-6-12/h3-9,16H,10H2,1-2H3,(H,20,23)(H,21,22)/p-1. The molecular formula is C18H17BrNO4-. The van der Waals surface area contributed by atoms with Crippen molar-refractivity contribution < 1.29 is 19.4 Å². The number of ether oxygens (including phenoxy) is 1. The van der Waals surface area contributed by atoms with Gasteiger partial charge in [-0.15, -0.1) is 0 Å². The van der Waals surface area contributed by atoms with Gasteiger partial charge in [-0.2, -0.15) is 0 Å². The van der Waals surface area contributed by atoms with E-state index in [-0.39, 0.29) is 12.3 Å². The lowest BCUT2D eigenvalue weighted by molar-refractivity contribution is -0.306. The van der Waals surface area contributed by atoms with E-state index in [4.69, 9.17) is 4.74 Å². The molecule has 126 valence electrons. The summed E-state index contributed by atoms with van der Waals surface area (Å²) in [5, 5.41) is 13.8. The second-order valence-corrected chi connectivity index (χ2v) is 6.19. The summed E-state index contributed by atoms with van der Waals surface area (Å²) in [6.45, 7) is 1.92. The fourth-order valence-electron chi connectivity index (χ4n) is 2.23. The van der Waals surface area contributed by atoms with Crippen LogP contribution in [0.4, 0.5) is 0 Å². The average molecular weight is 391 g/mol. The molecule has 0 bridgehead atoms. The number of aryl methyl sites for hydroxylation is 1. The van der Waals surface area contributed by atoms with Crippen molar-refractivity contribution in [2.24, 2.45) is 0 Å². The Bertz CT molecular complexity index is 743.